The van der Waals surface area contributed by atoms with Crippen molar-refractivity contribution < 1.29 is 84.9 Å². The second-order valence-corrected chi connectivity index (χ2v) is 30.0. The van der Waals surface area contributed by atoms with Crippen LogP contribution in [-0.4, -0.2) is 101 Å². The van der Waals surface area contributed by atoms with Gasteiger partial charge in [-0.2, -0.15) is 0 Å². The lowest BCUT2D eigenvalue weighted by molar-refractivity contribution is -0.250. The summed E-state index contributed by atoms with van der Waals surface area (Å²) in [4.78, 5) is 99.2. The van der Waals surface area contributed by atoms with Crippen molar-refractivity contribution in [2.75, 3.05) is 50.8 Å². The first-order chi connectivity index (χ1) is 45.8. The Labute approximate surface area is 552 Å². The zero-order chi connectivity index (χ0) is 67.6. The fourth-order valence-electron chi connectivity index (χ4n) is 15.1. The Balaban J connectivity index is 0.000000360. The molecule has 9 aliphatic rings. The quantitative estimate of drug-likeness (QED) is 0.0327. The number of aromatic hydroxyl groups is 1. The minimum atomic E-state index is -5.83. The molecule has 0 spiro atoms. The minimum absolute atomic E-state index is 0.0500. The Morgan fingerprint density at radius 2 is 1.50 bits per heavy atom. The number of phosphoric ester groups is 1. The van der Waals surface area contributed by atoms with Crippen LogP contribution in [0.2, 0.25) is 0 Å². The van der Waals surface area contributed by atoms with Gasteiger partial charge in [0.05, 0.1) is 29.9 Å². The zero-order valence-corrected chi connectivity index (χ0v) is 55.8. The van der Waals surface area contributed by atoms with Gasteiger partial charge in [0.2, 0.25) is 5.36 Å². The number of amides is 2. The number of phenols is 1. The molecule has 2 amide bonds. The molecule has 2 saturated heterocycles. The monoisotopic (exact) mass is 1360 g/mol. The lowest BCUT2D eigenvalue weighted by atomic mass is 9.81. The number of piperidine rings is 1. The maximum Gasteiger partial charge on any atom is 0.336 e. The van der Waals surface area contributed by atoms with E-state index in [4.69, 9.17) is 18.8 Å². The van der Waals surface area contributed by atoms with Crippen LogP contribution in [0.4, 0.5) is 5.69 Å². The summed E-state index contributed by atoms with van der Waals surface area (Å²) >= 11 is 0. The topological polar surface area (TPSA) is 330 Å². The average Bonchev–Trinajstić information content (AvgIpc) is 0.739. The first-order valence-electron chi connectivity index (χ1n) is 32.4. The first-order valence-corrected chi connectivity index (χ1v) is 36.8. The van der Waals surface area contributed by atoms with E-state index in [-0.39, 0.29) is 51.6 Å². The summed E-state index contributed by atoms with van der Waals surface area (Å²) < 4.78 is 64.1. The second-order valence-electron chi connectivity index (χ2n) is 25.7. The molecule has 2 fully saturated rings. The van der Waals surface area contributed by atoms with Gasteiger partial charge in [-0.05, 0) is 174 Å². The number of carbonyl (C=O) groups excluding carboxylic acids is 2. The van der Waals surface area contributed by atoms with Crippen LogP contribution in [0.5, 0.6) is 17.2 Å². The maximum absolute atomic E-state index is 14.7. The van der Waals surface area contributed by atoms with Crippen LogP contribution in [-0.2, 0) is 57.3 Å². The predicted molar refractivity (Wildman–Crippen MR) is 349 cm³/mol. The predicted octanol–water partition coefficient (Wildman–Crippen LogP) is 7.92. The van der Waals surface area contributed by atoms with Gasteiger partial charge >= 0.3 is 5.97 Å². The molecule has 0 radical (unpaired) electrons. The molecule has 5 aromatic rings. The third-order valence-electron chi connectivity index (χ3n) is 19.3. The van der Waals surface area contributed by atoms with E-state index in [1.165, 1.54) is 69.2 Å². The van der Waals surface area contributed by atoms with Gasteiger partial charge in [-0.15, -0.1) is 11.8 Å². The van der Waals surface area contributed by atoms with Crippen LogP contribution >= 0.6 is 23.5 Å². The van der Waals surface area contributed by atoms with E-state index in [2.05, 4.69) is 64.9 Å². The van der Waals surface area contributed by atoms with E-state index in [1.807, 2.05) is 19.1 Å². The number of carboxylic acids is 1. The van der Waals surface area contributed by atoms with Gasteiger partial charge in [-0.1, -0.05) is 12.1 Å². The van der Waals surface area contributed by atoms with Crippen molar-refractivity contribution in [2.24, 2.45) is 0 Å². The van der Waals surface area contributed by atoms with Crippen LogP contribution in [0.1, 0.15) is 148 Å². The number of carboxylic acid groups (broad SMARTS) is 1. The summed E-state index contributed by atoms with van der Waals surface area (Å²) in [6.07, 6.45) is 11.3. The number of likely N-dealkylation sites (tertiary alicyclic amines) is 1. The SMILES string of the molecule is CC#CCCC1(NC(=O)c2ccc(C3=c4cc5c6c(c4Oc4c3cc3c7c4CCCN7CCC3)CCC[N+]=6CCC5)c(C)c2)CCN(C(=O)c2ccc(-c3c4ccc(=O)cc-4oc4cc(O)ccc34)c(C(=O)O)c2)CC1.C[C@H]1CC[C@@H](COP(=O)([O-])OP(=O)([O-])OP(=O)([O-])O)O1. The number of anilines is 1. The summed E-state index contributed by atoms with van der Waals surface area (Å²) in [6.45, 7) is 10.2. The normalized spacial score (nSPS) is 20.1. The Bertz CT molecular complexity index is 4750. The number of nitrogens with zero attached hydrogens (tertiary/aromatic N) is 3. The highest BCUT2D eigenvalue weighted by Crippen LogP contribution is 2.61. The molecule has 4 N–H and O–H groups in total. The van der Waals surface area contributed by atoms with E-state index in [0.29, 0.717) is 79.3 Å². The number of hydrogen-bond donors (Lipinski definition) is 4. The highest BCUT2D eigenvalue weighted by molar-refractivity contribution is 7.65. The number of aryl methyl sites for hydroxylation is 3. The second kappa shape index (κ2) is 26.6. The lowest BCUT2D eigenvalue weighted by Crippen LogP contribution is -2.56. The van der Waals surface area contributed by atoms with E-state index >= 15 is 0 Å². The van der Waals surface area contributed by atoms with Gasteiger partial charge in [0.15, 0.2) is 5.43 Å². The Kier molecular flexibility index (Phi) is 18.5. The molecule has 1 aliphatic carbocycles. The van der Waals surface area contributed by atoms with Crippen molar-refractivity contribution in [3.63, 3.8) is 0 Å². The van der Waals surface area contributed by atoms with Crippen LogP contribution in [0, 0.1) is 18.8 Å². The number of phosphoric acid groups is 3. The summed E-state index contributed by atoms with van der Waals surface area (Å²) in [5, 5.41) is 27.5. The van der Waals surface area contributed by atoms with Crippen molar-refractivity contribution in [2.45, 2.75) is 128 Å². The Morgan fingerprint density at radius 3 is 2.23 bits per heavy atom. The molecular formula is C70H71N4O19P3-2. The number of hydrogen-bond acceptors (Lipinski definition) is 18. The Hall–Kier alpha value is -7.80. The number of phenolic OH excluding ortho intramolecular Hbond substituents is 1. The minimum Gasteiger partial charge on any atom is -0.756 e. The molecule has 0 bridgehead atoms. The number of fused-ring (bicyclic) bond motifs is 6. The van der Waals surface area contributed by atoms with E-state index in [0.717, 1.165) is 111 Å². The molecule has 96 heavy (non-hydrogen) atoms. The van der Waals surface area contributed by atoms with Crippen molar-refractivity contribution in [3.8, 4) is 51.5 Å². The smallest absolute Gasteiger partial charge is 0.336 e. The molecule has 8 aliphatic heterocycles. The first kappa shape index (κ1) is 66.8. The van der Waals surface area contributed by atoms with Crippen LogP contribution in [0.25, 0.3) is 39.0 Å². The fraction of sp³-hybridized carbons (Fsp3) is 0.386. The summed E-state index contributed by atoms with van der Waals surface area (Å²) in [7, 11) is -16.9. The fourth-order valence-corrected chi connectivity index (χ4v) is 18.0. The summed E-state index contributed by atoms with van der Waals surface area (Å²) in [5.74, 6) is 6.70. The summed E-state index contributed by atoms with van der Waals surface area (Å²) in [5.41, 5.74) is 12.7. The van der Waals surface area contributed by atoms with E-state index in [9.17, 15) is 57.8 Å². The molecule has 3 unspecified atom stereocenters. The number of benzene rings is 6. The molecule has 14 rings (SSSR count). The number of aromatic carboxylic acids is 1. The number of carbonyl (C=O) groups is 3. The van der Waals surface area contributed by atoms with Gasteiger partial charge in [-0.3, -0.25) is 28.1 Å². The molecular weight excluding hydrogens is 1290 g/mol. The van der Waals surface area contributed by atoms with Crippen molar-refractivity contribution in [3.05, 3.63) is 161 Å². The van der Waals surface area contributed by atoms with Gasteiger partial charge in [0, 0.05) is 124 Å². The van der Waals surface area contributed by atoms with E-state index < -0.39 is 47.7 Å². The molecule has 26 heteroatoms. The molecule has 0 saturated carbocycles. The molecule has 0 aromatic heterocycles. The Morgan fingerprint density at radius 1 is 0.781 bits per heavy atom. The maximum atomic E-state index is 14.7. The zero-order valence-electron chi connectivity index (χ0n) is 53.1. The molecule has 5 aromatic carbocycles. The third kappa shape index (κ3) is 13.6. The van der Waals surface area contributed by atoms with Crippen molar-refractivity contribution in [1.29, 1.82) is 0 Å². The van der Waals surface area contributed by atoms with Crippen LogP contribution < -0.4 is 50.2 Å². The van der Waals surface area contributed by atoms with Gasteiger partial charge < -0.3 is 63.3 Å². The molecule has 23 nitrogen and oxygen atoms in total. The average molecular weight is 1370 g/mol. The third-order valence-corrected chi connectivity index (χ3v) is 23.0. The van der Waals surface area contributed by atoms with Crippen LogP contribution in [0.3, 0.4) is 0 Å². The molecule has 5 atom stereocenters. The van der Waals surface area contributed by atoms with Crippen LogP contribution in [0.15, 0.2) is 94.1 Å². The number of ether oxygens (including phenoxy) is 2. The van der Waals surface area contributed by atoms with Gasteiger partial charge in [0.25, 0.3) is 35.3 Å². The highest BCUT2D eigenvalue weighted by Gasteiger charge is 2.40. The number of rotatable bonds is 15. The van der Waals surface area contributed by atoms with Gasteiger partial charge in [-0.25, -0.2) is 18.0 Å². The lowest BCUT2D eigenvalue weighted by Gasteiger charge is -2.42. The van der Waals surface area contributed by atoms with Gasteiger partial charge in [0.1, 0.15) is 41.7 Å². The number of nitrogens with one attached hydrogen (secondary N) is 1. The van der Waals surface area contributed by atoms with Crippen molar-refractivity contribution >= 4 is 63.5 Å². The largest absolute Gasteiger partial charge is 0.756 e. The highest BCUT2D eigenvalue weighted by atomic mass is 31.3. The van der Waals surface area contributed by atoms with Crippen molar-refractivity contribution in [1.82, 2.24) is 14.8 Å². The summed E-state index contributed by atoms with van der Waals surface area (Å²) in [6, 6.07) is 24.5. The van der Waals surface area contributed by atoms with E-state index in [1.54, 1.807) is 36.1 Å². The molecule has 8 heterocycles. The molecule has 502 valence electrons. The standard InChI is InChI=1S/C64H58N4O8.C6H15O11P3/c1-3-4-5-22-64(23-29-68(30-24-64)62(72)41-15-19-45(50(34-41)63(73)74)56-46-20-16-42(69)35-53(46)75-54-36-43(70)17-21-47(54)56)65-61(71)40-14-18-44(37(2)31-40)55-51-32-38-10-6-25-66-27-8-12-48(57(38)66)59(51)76-60-49-13-9-28-67-26-7-11-39(58(49)67)33-52(55)60;1-5-2-3-6(15-5)4-14-19(10,11)17-20(12,13)16-18(7,8)9/h14-21,31-36H,5-13,22-30H2,1-2H3,(H2-,65,69,70,71,73,74);5-6H,2-4H2,1H3,(H,10,11)(H,12,13)(H2,7,8,9)/p-2/t;5-,6-/m.0/s1.